The van der Waals surface area contributed by atoms with Crippen molar-refractivity contribution in [3.8, 4) is 11.6 Å². The Labute approximate surface area is 273 Å². The summed E-state index contributed by atoms with van der Waals surface area (Å²) in [6.07, 6.45) is 3.83. The van der Waals surface area contributed by atoms with Crippen molar-refractivity contribution in [3.63, 3.8) is 0 Å². The van der Waals surface area contributed by atoms with Crippen LogP contribution in [0.4, 0.5) is 5.95 Å². The second-order valence-corrected chi connectivity index (χ2v) is 12.7. The molecular formula is C31H43N6O9P. The number of anilines is 1. The Kier molecular flexibility index (Phi) is 12.5. The van der Waals surface area contributed by atoms with E-state index in [1.165, 1.54) is 24.7 Å². The van der Waals surface area contributed by atoms with Gasteiger partial charge in [0.15, 0.2) is 17.4 Å². The minimum atomic E-state index is -4.28. The molecule has 1 aliphatic heterocycles. The minimum Gasteiger partial charge on any atom is -0.476 e. The first kappa shape index (κ1) is 36.0. The smallest absolute Gasteiger partial charge is 0.459 e. The first-order valence-corrected chi connectivity index (χ1v) is 16.8. The molecule has 16 heteroatoms. The van der Waals surface area contributed by atoms with Gasteiger partial charge in [-0.2, -0.15) is 15.1 Å². The first-order chi connectivity index (χ1) is 22.5. The van der Waals surface area contributed by atoms with E-state index in [2.05, 4.69) is 38.5 Å². The molecule has 1 aliphatic rings. The van der Waals surface area contributed by atoms with Crippen LogP contribution in [-0.2, 0) is 23.4 Å². The summed E-state index contributed by atoms with van der Waals surface area (Å²) >= 11 is 0. The SMILES string of the molecule is C=CCCCCOC(=O)[C@H](C)NP(=O)(OCC1OC(n2cnc3c(OCCC=C)nc(NC)nc32)[C@](C)(O)[C@@H]1O)Oc1ccccc1. The summed E-state index contributed by atoms with van der Waals surface area (Å²) in [5.74, 6) is 0.0158. The number of allylic oxidation sites excluding steroid dienone is 1. The number of carbonyl (C=O) groups excluding carboxylic acids is 1. The molecule has 47 heavy (non-hydrogen) atoms. The zero-order valence-electron chi connectivity index (χ0n) is 26.8. The fourth-order valence-electron chi connectivity index (χ4n) is 4.75. The van der Waals surface area contributed by atoms with Crippen LogP contribution in [0.1, 0.15) is 45.8 Å². The number of ether oxygens (including phenoxy) is 3. The number of imidazole rings is 1. The highest BCUT2D eigenvalue weighted by molar-refractivity contribution is 7.52. The zero-order valence-corrected chi connectivity index (χ0v) is 27.7. The van der Waals surface area contributed by atoms with Gasteiger partial charge in [0, 0.05) is 7.05 Å². The van der Waals surface area contributed by atoms with E-state index in [1.807, 2.05) is 0 Å². The van der Waals surface area contributed by atoms with Crippen molar-refractivity contribution in [1.82, 2.24) is 24.6 Å². The second-order valence-electron chi connectivity index (χ2n) is 11.1. The van der Waals surface area contributed by atoms with Crippen molar-refractivity contribution < 1.29 is 42.8 Å². The van der Waals surface area contributed by atoms with Crippen LogP contribution in [0.3, 0.4) is 0 Å². The summed E-state index contributed by atoms with van der Waals surface area (Å²) in [6.45, 7) is 10.2. The van der Waals surface area contributed by atoms with Crippen molar-refractivity contribution in [2.24, 2.45) is 0 Å². The molecule has 0 spiro atoms. The van der Waals surface area contributed by atoms with Gasteiger partial charge in [-0.1, -0.05) is 30.4 Å². The molecule has 3 heterocycles. The summed E-state index contributed by atoms with van der Waals surface area (Å²) in [6, 6.07) is 7.19. The maximum absolute atomic E-state index is 14.0. The van der Waals surface area contributed by atoms with E-state index in [0.717, 1.165) is 12.8 Å². The molecule has 15 nitrogen and oxygen atoms in total. The number of benzene rings is 1. The fourth-order valence-corrected chi connectivity index (χ4v) is 6.25. The number of fused-ring (bicyclic) bond motifs is 1. The maximum Gasteiger partial charge on any atom is 0.459 e. The number of nitrogens with one attached hydrogen (secondary N) is 2. The van der Waals surface area contributed by atoms with Crippen LogP contribution in [0.2, 0.25) is 0 Å². The standard InChI is InChI=1S/C31H43N6O9P/c1-6-8-10-14-18-43-28(39)21(3)36-47(41,46-22-15-12-11-13-16-22)44-19-23-25(38)31(4,40)29(45-23)37-20-33-24-26(37)34-30(32-5)35-27(24)42-17-9-7-2/h6-7,11-13,15-16,20-21,23,25,29,38,40H,1-2,8-10,14,17-19H2,3-5H3,(H,36,41)(H,32,34,35)/t21-,23?,25+,29?,31+,47?/m0/s1. The lowest BCUT2D eigenvalue weighted by Crippen LogP contribution is -2.44. The largest absolute Gasteiger partial charge is 0.476 e. The van der Waals surface area contributed by atoms with Gasteiger partial charge < -0.3 is 34.3 Å². The van der Waals surface area contributed by atoms with E-state index >= 15 is 0 Å². The van der Waals surface area contributed by atoms with Gasteiger partial charge in [0.05, 0.1) is 26.1 Å². The van der Waals surface area contributed by atoms with E-state index in [0.29, 0.717) is 25.0 Å². The average molecular weight is 675 g/mol. The summed E-state index contributed by atoms with van der Waals surface area (Å²) in [4.78, 5) is 25.8. The van der Waals surface area contributed by atoms with Crippen molar-refractivity contribution in [2.75, 3.05) is 32.2 Å². The summed E-state index contributed by atoms with van der Waals surface area (Å²) in [5.41, 5.74) is -1.29. The van der Waals surface area contributed by atoms with Crippen LogP contribution in [0, 0.1) is 0 Å². The molecule has 0 aliphatic carbocycles. The monoisotopic (exact) mass is 674 g/mol. The van der Waals surface area contributed by atoms with E-state index < -0.39 is 50.4 Å². The summed E-state index contributed by atoms with van der Waals surface area (Å²) in [5, 5.41) is 28.1. The number of nitrogens with zero attached hydrogens (tertiary/aromatic N) is 4. The van der Waals surface area contributed by atoms with E-state index in [-0.39, 0.29) is 29.8 Å². The number of para-hydroxylation sites is 1. The van der Waals surface area contributed by atoms with Crippen LogP contribution in [0.15, 0.2) is 62.0 Å². The Morgan fingerprint density at radius 1 is 1.19 bits per heavy atom. The number of aliphatic hydroxyl groups is 2. The van der Waals surface area contributed by atoms with Crippen LogP contribution < -0.4 is 19.7 Å². The van der Waals surface area contributed by atoms with Gasteiger partial charge in [-0.15, -0.1) is 13.2 Å². The van der Waals surface area contributed by atoms with Gasteiger partial charge in [-0.05, 0) is 51.7 Å². The van der Waals surface area contributed by atoms with Crippen LogP contribution >= 0.6 is 7.75 Å². The number of aromatic nitrogens is 4. The summed E-state index contributed by atoms with van der Waals surface area (Å²) in [7, 11) is -2.64. The number of unbranched alkanes of at least 4 members (excludes halogenated alkanes) is 2. The van der Waals surface area contributed by atoms with Crippen molar-refractivity contribution in [1.29, 1.82) is 0 Å². The quantitative estimate of drug-likeness (QED) is 0.0620. The van der Waals surface area contributed by atoms with E-state index in [4.69, 9.17) is 23.3 Å². The Hall–Kier alpha value is -3.85. The predicted molar refractivity (Wildman–Crippen MR) is 174 cm³/mol. The lowest BCUT2D eigenvalue weighted by atomic mass is 9.96. The molecule has 0 bridgehead atoms. The number of aliphatic hydroxyl groups excluding tert-OH is 1. The summed E-state index contributed by atoms with van der Waals surface area (Å²) < 4.78 is 44.1. The van der Waals surface area contributed by atoms with E-state index in [9.17, 15) is 19.6 Å². The van der Waals surface area contributed by atoms with Gasteiger partial charge >= 0.3 is 13.7 Å². The molecule has 3 aromatic rings. The molecule has 3 unspecified atom stereocenters. The van der Waals surface area contributed by atoms with Crippen LogP contribution in [0.25, 0.3) is 11.2 Å². The van der Waals surface area contributed by atoms with Crippen molar-refractivity contribution in [3.05, 3.63) is 62.0 Å². The lowest BCUT2D eigenvalue weighted by Gasteiger charge is -2.27. The Balaban J connectivity index is 1.52. The van der Waals surface area contributed by atoms with Crippen molar-refractivity contribution in [2.45, 2.75) is 69.6 Å². The first-order valence-electron chi connectivity index (χ1n) is 15.3. The highest BCUT2D eigenvalue weighted by Gasteiger charge is 2.54. The van der Waals surface area contributed by atoms with Gasteiger partial charge in [-0.3, -0.25) is 13.9 Å². The number of carbonyl (C=O) groups is 1. The topological polar surface area (TPSA) is 188 Å². The minimum absolute atomic E-state index is 0.189. The third-order valence-corrected chi connectivity index (χ3v) is 8.95. The molecular weight excluding hydrogens is 631 g/mol. The predicted octanol–water partition coefficient (Wildman–Crippen LogP) is 3.91. The molecule has 4 N–H and O–H groups in total. The number of hydrogen-bond donors (Lipinski definition) is 4. The zero-order chi connectivity index (χ0) is 34.0. The Morgan fingerprint density at radius 3 is 2.64 bits per heavy atom. The molecule has 0 amide bonds. The van der Waals surface area contributed by atoms with Gasteiger partial charge in [0.25, 0.3) is 0 Å². The molecule has 6 atom stereocenters. The average Bonchev–Trinajstić information content (AvgIpc) is 3.57. The van der Waals surface area contributed by atoms with Gasteiger partial charge in [0.1, 0.15) is 29.6 Å². The number of esters is 1. The fraction of sp³-hybridized carbons (Fsp3) is 0.484. The molecule has 1 fully saturated rings. The molecule has 4 rings (SSSR count). The lowest BCUT2D eigenvalue weighted by molar-refractivity contribution is -0.145. The molecule has 1 saturated heterocycles. The normalized spacial score (nSPS) is 22.7. The van der Waals surface area contributed by atoms with Crippen molar-refractivity contribution >= 4 is 30.8 Å². The third-order valence-electron chi connectivity index (χ3n) is 7.31. The maximum atomic E-state index is 14.0. The van der Waals surface area contributed by atoms with Gasteiger partial charge in [-0.25, -0.2) is 9.55 Å². The number of rotatable bonds is 19. The Bertz CT molecular complexity index is 1550. The van der Waals surface area contributed by atoms with E-state index in [1.54, 1.807) is 49.5 Å². The second kappa shape index (κ2) is 16.3. The van der Waals surface area contributed by atoms with Gasteiger partial charge in [0.2, 0.25) is 11.8 Å². The van der Waals surface area contributed by atoms with Crippen LogP contribution in [-0.4, -0.2) is 86.4 Å². The van der Waals surface area contributed by atoms with Crippen LogP contribution in [0.5, 0.6) is 11.6 Å². The number of hydrogen-bond acceptors (Lipinski definition) is 13. The molecule has 2 aromatic heterocycles. The highest BCUT2D eigenvalue weighted by Crippen LogP contribution is 2.47. The molecule has 1 aromatic carbocycles. The highest BCUT2D eigenvalue weighted by atomic mass is 31.2. The Morgan fingerprint density at radius 2 is 1.94 bits per heavy atom. The third kappa shape index (κ3) is 8.95. The molecule has 256 valence electrons. The molecule has 0 saturated carbocycles. The molecule has 0 radical (unpaired) electrons.